The van der Waals surface area contributed by atoms with Gasteiger partial charge in [-0.1, -0.05) is 74.9 Å². The molecule has 3 saturated heterocycles. The number of ether oxygens (including phenoxy) is 2. The molecule has 2 aromatic rings. The normalized spacial score (nSPS) is 25.8. The SMILES string of the molecule is C=CCCC(=O)N[C@@H](C)[C@H](OC(=O)[C@@H]1[C@H]2C(=O)N([C@@H](CO)[C@@H](C)CC)[C@H](C(=O)N(CC=C)c3cc(C)ccc3C)[C@]23CC[C@H]1O3)c1ccccc1. The predicted octanol–water partition coefficient (Wildman–Crippen LogP) is 5.36. The van der Waals surface area contributed by atoms with Crippen LogP contribution in [0.1, 0.15) is 75.7 Å². The summed E-state index contributed by atoms with van der Waals surface area (Å²) in [6, 6.07) is 12.7. The Morgan fingerprint density at radius 2 is 1.86 bits per heavy atom. The molecule has 1 spiro atoms. The fraction of sp³-hybridized carbons (Fsp3) is 0.512. The number of aliphatic hydroxyl groups is 1. The summed E-state index contributed by atoms with van der Waals surface area (Å²) in [6.07, 6.45) is 4.13. The molecular formula is C41H53N3O7. The van der Waals surface area contributed by atoms with Crippen LogP contribution in [-0.4, -0.2) is 76.7 Å². The summed E-state index contributed by atoms with van der Waals surface area (Å²) in [5.41, 5.74) is 1.96. The van der Waals surface area contributed by atoms with E-state index in [-0.39, 0.29) is 37.3 Å². The van der Waals surface area contributed by atoms with E-state index in [1.54, 1.807) is 24.0 Å². The Morgan fingerprint density at radius 3 is 2.51 bits per heavy atom. The molecule has 51 heavy (non-hydrogen) atoms. The summed E-state index contributed by atoms with van der Waals surface area (Å²) < 4.78 is 13.0. The molecule has 0 saturated carbocycles. The number of nitrogens with one attached hydrogen (secondary N) is 1. The molecule has 3 fully saturated rings. The summed E-state index contributed by atoms with van der Waals surface area (Å²) in [5, 5.41) is 13.7. The van der Waals surface area contributed by atoms with Crippen molar-refractivity contribution in [1.29, 1.82) is 0 Å². The van der Waals surface area contributed by atoms with Gasteiger partial charge in [-0.3, -0.25) is 19.2 Å². The summed E-state index contributed by atoms with van der Waals surface area (Å²) >= 11 is 0. The number of amides is 3. The lowest BCUT2D eigenvalue weighted by Gasteiger charge is -2.41. The minimum absolute atomic E-state index is 0.145. The van der Waals surface area contributed by atoms with E-state index in [0.717, 1.165) is 11.1 Å². The van der Waals surface area contributed by atoms with Gasteiger partial charge in [-0.25, -0.2) is 0 Å². The molecular weight excluding hydrogens is 646 g/mol. The van der Waals surface area contributed by atoms with Crippen molar-refractivity contribution in [3.8, 4) is 0 Å². The van der Waals surface area contributed by atoms with Crippen LogP contribution in [0.5, 0.6) is 0 Å². The minimum atomic E-state index is -1.30. The number of carbonyl (C=O) groups is 4. The highest BCUT2D eigenvalue weighted by molar-refractivity contribution is 6.05. The molecule has 3 amide bonds. The van der Waals surface area contributed by atoms with Gasteiger partial charge in [0.1, 0.15) is 17.7 Å². The molecule has 2 aromatic carbocycles. The van der Waals surface area contributed by atoms with Crippen LogP contribution in [0.2, 0.25) is 0 Å². The van der Waals surface area contributed by atoms with E-state index in [2.05, 4.69) is 18.5 Å². The molecule has 2 N–H and O–H groups in total. The number of rotatable bonds is 16. The number of hydrogen-bond acceptors (Lipinski definition) is 7. The van der Waals surface area contributed by atoms with Crippen LogP contribution < -0.4 is 10.2 Å². The van der Waals surface area contributed by atoms with Crippen molar-refractivity contribution < 1.29 is 33.8 Å². The van der Waals surface area contributed by atoms with Gasteiger partial charge in [0.2, 0.25) is 11.8 Å². The molecule has 10 nitrogen and oxygen atoms in total. The Balaban J connectivity index is 1.54. The fourth-order valence-electron chi connectivity index (χ4n) is 8.34. The van der Waals surface area contributed by atoms with Gasteiger partial charge in [0, 0.05) is 18.7 Å². The number of anilines is 1. The molecule has 0 aliphatic carbocycles. The summed E-state index contributed by atoms with van der Waals surface area (Å²) in [5.74, 6) is -3.66. The van der Waals surface area contributed by atoms with Crippen molar-refractivity contribution in [1.82, 2.24) is 10.2 Å². The van der Waals surface area contributed by atoms with E-state index in [9.17, 15) is 19.5 Å². The molecule has 3 aliphatic heterocycles. The van der Waals surface area contributed by atoms with Gasteiger partial charge in [0.25, 0.3) is 5.91 Å². The van der Waals surface area contributed by atoms with E-state index in [4.69, 9.17) is 9.47 Å². The predicted molar refractivity (Wildman–Crippen MR) is 196 cm³/mol. The number of aliphatic hydroxyl groups excluding tert-OH is 1. The smallest absolute Gasteiger partial charge is 0.313 e. The standard InChI is InChI=1S/C41H53N3O7/c1-8-11-17-33(46)42-28(7)36(29-15-13-12-14-16-29)50-40(49)34-32-20-21-41(51-32)35(34)38(47)44(31(24-45)26(5)10-3)37(41)39(48)43(22-9-2)30-23-25(4)18-19-27(30)6/h8-9,12-16,18-19,23,26,28,31-32,34-37,45H,1-2,10-11,17,20-22,24H2,3-7H3,(H,42,46)/t26-,28-,31-,32+,34-,35-,36-,37+,41-/m0/s1. The van der Waals surface area contributed by atoms with Gasteiger partial charge in [0.15, 0.2) is 0 Å². The van der Waals surface area contributed by atoms with Crippen molar-refractivity contribution >= 4 is 29.4 Å². The van der Waals surface area contributed by atoms with E-state index in [1.807, 2.05) is 76.2 Å². The van der Waals surface area contributed by atoms with Crippen molar-refractivity contribution in [2.75, 3.05) is 18.1 Å². The van der Waals surface area contributed by atoms with Gasteiger partial charge in [0.05, 0.1) is 36.6 Å². The number of esters is 1. The molecule has 2 bridgehead atoms. The second-order valence-electron chi connectivity index (χ2n) is 14.4. The first kappa shape index (κ1) is 38.0. The lowest BCUT2D eigenvalue weighted by atomic mass is 9.70. The number of allylic oxidation sites excluding steroid dienone is 1. The van der Waals surface area contributed by atoms with Crippen LogP contribution in [0.15, 0.2) is 73.8 Å². The molecule has 3 heterocycles. The first-order valence-corrected chi connectivity index (χ1v) is 18.2. The number of fused-ring (bicyclic) bond motifs is 1. The molecule has 0 radical (unpaired) electrons. The van der Waals surface area contributed by atoms with E-state index < -0.39 is 59.6 Å². The molecule has 0 aromatic heterocycles. The number of benzene rings is 2. The second-order valence-corrected chi connectivity index (χ2v) is 14.4. The number of hydrogen-bond donors (Lipinski definition) is 2. The van der Waals surface area contributed by atoms with Crippen LogP contribution in [0, 0.1) is 31.6 Å². The quantitative estimate of drug-likeness (QED) is 0.179. The highest BCUT2D eigenvalue weighted by Gasteiger charge is 2.76. The van der Waals surface area contributed by atoms with Gasteiger partial charge in [-0.05, 0) is 68.7 Å². The lowest BCUT2D eigenvalue weighted by molar-refractivity contribution is -0.162. The van der Waals surface area contributed by atoms with E-state index in [0.29, 0.717) is 36.9 Å². The summed E-state index contributed by atoms with van der Waals surface area (Å²) in [6.45, 7) is 17.1. The maximum atomic E-state index is 15.1. The zero-order chi connectivity index (χ0) is 37.0. The molecule has 5 rings (SSSR count). The van der Waals surface area contributed by atoms with Crippen LogP contribution >= 0.6 is 0 Å². The van der Waals surface area contributed by atoms with Crippen LogP contribution in [0.4, 0.5) is 5.69 Å². The van der Waals surface area contributed by atoms with Crippen molar-refractivity contribution in [3.05, 3.63) is 90.5 Å². The second kappa shape index (κ2) is 15.9. The summed E-state index contributed by atoms with van der Waals surface area (Å²) in [4.78, 5) is 60.3. The third-order valence-corrected chi connectivity index (χ3v) is 11.1. The lowest BCUT2D eigenvalue weighted by Crippen LogP contribution is -2.60. The Hall–Kier alpha value is -4.28. The van der Waals surface area contributed by atoms with Crippen molar-refractivity contribution in [3.63, 3.8) is 0 Å². The highest BCUT2D eigenvalue weighted by Crippen LogP contribution is 2.60. The van der Waals surface area contributed by atoms with Gasteiger partial charge >= 0.3 is 5.97 Å². The third-order valence-electron chi connectivity index (χ3n) is 11.1. The average Bonchev–Trinajstić information content (AvgIpc) is 3.77. The first-order chi connectivity index (χ1) is 24.4. The van der Waals surface area contributed by atoms with Gasteiger partial charge in [-0.2, -0.15) is 0 Å². The van der Waals surface area contributed by atoms with Crippen LogP contribution in [0.3, 0.4) is 0 Å². The van der Waals surface area contributed by atoms with Gasteiger partial charge < -0.3 is 29.7 Å². The Morgan fingerprint density at radius 1 is 1.14 bits per heavy atom. The maximum absolute atomic E-state index is 15.1. The molecule has 0 unspecified atom stereocenters. The van der Waals surface area contributed by atoms with Crippen LogP contribution in [0.25, 0.3) is 0 Å². The number of carbonyl (C=O) groups excluding carboxylic acids is 4. The van der Waals surface area contributed by atoms with Crippen molar-refractivity contribution in [2.45, 2.75) is 103 Å². The highest BCUT2D eigenvalue weighted by atomic mass is 16.6. The Labute approximate surface area is 301 Å². The Kier molecular flexibility index (Phi) is 11.9. The third kappa shape index (κ3) is 7.13. The molecule has 274 valence electrons. The Bertz CT molecular complexity index is 1630. The number of likely N-dealkylation sites (tertiary alicyclic amines) is 1. The zero-order valence-corrected chi connectivity index (χ0v) is 30.5. The first-order valence-electron chi connectivity index (χ1n) is 18.2. The topological polar surface area (TPSA) is 125 Å². The zero-order valence-electron chi connectivity index (χ0n) is 30.5. The van der Waals surface area contributed by atoms with Crippen LogP contribution in [-0.2, 0) is 28.7 Å². The average molecular weight is 700 g/mol. The minimum Gasteiger partial charge on any atom is -0.455 e. The number of aryl methyl sites for hydroxylation is 2. The molecule has 9 atom stereocenters. The fourth-order valence-corrected chi connectivity index (χ4v) is 8.34. The molecule has 10 heteroatoms. The van der Waals surface area contributed by atoms with E-state index in [1.165, 1.54) is 4.90 Å². The van der Waals surface area contributed by atoms with Gasteiger partial charge in [-0.15, -0.1) is 13.2 Å². The largest absolute Gasteiger partial charge is 0.455 e. The van der Waals surface area contributed by atoms with Crippen molar-refractivity contribution in [2.24, 2.45) is 17.8 Å². The summed E-state index contributed by atoms with van der Waals surface area (Å²) in [7, 11) is 0. The van der Waals surface area contributed by atoms with E-state index >= 15 is 4.79 Å². The molecule has 3 aliphatic rings. The monoisotopic (exact) mass is 699 g/mol. The number of nitrogens with zero attached hydrogens (tertiary/aromatic N) is 2. The maximum Gasteiger partial charge on any atom is 0.313 e.